The zero-order chi connectivity index (χ0) is 15.1. The summed E-state index contributed by atoms with van der Waals surface area (Å²) in [5.41, 5.74) is 0.625. The molecule has 0 saturated heterocycles. The molecule has 0 aliphatic rings. The van der Waals surface area contributed by atoms with E-state index in [-0.39, 0.29) is 18.4 Å². The molecule has 0 fully saturated rings. The van der Waals surface area contributed by atoms with Gasteiger partial charge >= 0.3 is 0 Å². The monoisotopic (exact) mass is 320 g/mol. The minimum absolute atomic E-state index is 0.0559. The highest BCUT2D eigenvalue weighted by molar-refractivity contribution is 7.10. The second kappa shape index (κ2) is 7.93. The molecule has 21 heavy (non-hydrogen) atoms. The highest BCUT2D eigenvalue weighted by Gasteiger charge is 2.12. The molecule has 0 aliphatic carbocycles. The van der Waals surface area contributed by atoms with Gasteiger partial charge in [0.05, 0.1) is 22.1 Å². The lowest BCUT2D eigenvalue weighted by atomic mass is 10.2. The number of aliphatic hydroxyl groups is 1. The number of nitrogens with zero attached hydrogens (tertiary/aromatic N) is 1. The van der Waals surface area contributed by atoms with Crippen LogP contribution in [0.2, 0.25) is 0 Å². The number of carbonyl (C=O) groups is 1. The summed E-state index contributed by atoms with van der Waals surface area (Å²) in [4.78, 5) is 17.1. The fraction of sp³-hybridized carbons (Fsp3) is 0.333. The van der Waals surface area contributed by atoms with Crippen LogP contribution in [0.1, 0.15) is 39.5 Å². The fourth-order valence-corrected chi connectivity index (χ4v) is 3.09. The number of carbonyl (C=O) groups excluding carboxylic acids is 1. The molecule has 2 rings (SSSR count). The average molecular weight is 320 g/mol. The molecular weight excluding hydrogens is 304 g/mol. The Morgan fingerprint density at radius 2 is 2.38 bits per heavy atom. The van der Waals surface area contributed by atoms with E-state index in [1.165, 1.54) is 11.3 Å². The van der Waals surface area contributed by atoms with Crippen LogP contribution in [0.4, 0.5) is 0 Å². The lowest BCUT2D eigenvalue weighted by molar-refractivity contribution is 0.0952. The molecule has 6 heteroatoms. The van der Waals surface area contributed by atoms with Crippen molar-refractivity contribution in [3.63, 3.8) is 0 Å². The summed E-state index contributed by atoms with van der Waals surface area (Å²) >= 11 is 3.03. The van der Waals surface area contributed by atoms with Crippen molar-refractivity contribution >= 4 is 28.6 Å². The molecule has 2 N–H and O–H groups in total. The van der Waals surface area contributed by atoms with Crippen molar-refractivity contribution in [2.75, 3.05) is 13.2 Å². The van der Waals surface area contributed by atoms with E-state index in [0.29, 0.717) is 18.5 Å². The highest BCUT2D eigenvalue weighted by Crippen LogP contribution is 2.17. The van der Waals surface area contributed by atoms with Gasteiger partial charge in [-0.3, -0.25) is 4.79 Å². The van der Waals surface area contributed by atoms with E-state index in [4.69, 9.17) is 5.11 Å². The van der Waals surface area contributed by atoms with Crippen LogP contribution in [-0.4, -0.2) is 29.1 Å². The summed E-state index contributed by atoms with van der Waals surface area (Å²) in [6.45, 7) is 2.66. The number of aromatic nitrogens is 1. The number of thiophene rings is 1. The van der Waals surface area contributed by atoms with E-state index in [9.17, 15) is 4.79 Å². The van der Waals surface area contributed by atoms with Gasteiger partial charge in [0.2, 0.25) is 0 Å². The zero-order valence-corrected chi connectivity index (χ0v) is 13.3. The summed E-state index contributed by atoms with van der Waals surface area (Å²) in [7, 11) is 0. The van der Waals surface area contributed by atoms with Gasteiger partial charge in [-0.25, -0.2) is 4.98 Å². The van der Waals surface area contributed by atoms with E-state index in [0.717, 1.165) is 9.88 Å². The first kappa shape index (κ1) is 15.7. The Morgan fingerprint density at radius 3 is 3.10 bits per heavy atom. The van der Waals surface area contributed by atoms with Crippen LogP contribution >= 0.6 is 22.7 Å². The van der Waals surface area contributed by atoms with Crippen molar-refractivity contribution in [1.82, 2.24) is 10.3 Å². The fourth-order valence-electron chi connectivity index (χ4n) is 1.64. The number of hydrogen-bond donors (Lipinski definition) is 2. The average Bonchev–Trinajstić information content (AvgIpc) is 3.16. The van der Waals surface area contributed by atoms with Crippen molar-refractivity contribution in [3.05, 3.63) is 38.5 Å². The maximum Gasteiger partial charge on any atom is 0.252 e. The van der Waals surface area contributed by atoms with Gasteiger partial charge in [0.1, 0.15) is 0 Å². The summed E-state index contributed by atoms with van der Waals surface area (Å²) in [6.07, 6.45) is 2.22. The van der Waals surface area contributed by atoms with Gasteiger partial charge in [0.15, 0.2) is 0 Å². The van der Waals surface area contributed by atoms with Gasteiger partial charge in [-0.15, -0.1) is 22.7 Å². The van der Waals surface area contributed by atoms with Crippen LogP contribution in [-0.2, 0) is 0 Å². The number of aliphatic hydroxyl groups excluding tert-OH is 1. The molecule has 0 radical (unpaired) electrons. The maximum absolute atomic E-state index is 12.1. The van der Waals surface area contributed by atoms with Gasteiger partial charge in [0.25, 0.3) is 5.91 Å². The molecule has 2 heterocycles. The highest BCUT2D eigenvalue weighted by atomic mass is 32.1. The Hall–Kier alpha value is -1.68. The minimum atomic E-state index is -0.0927. The third-order valence-electron chi connectivity index (χ3n) is 2.75. The first-order chi connectivity index (χ1) is 10.2. The molecule has 0 aromatic carbocycles. The van der Waals surface area contributed by atoms with Crippen LogP contribution in [0.25, 0.3) is 0 Å². The molecule has 0 spiro atoms. The molecule has 110 valence electrons. The van der Waals surface area contributed by atoms with Crippen LogP contribution in [0.15, 0.2) is 23.0 Å². The lowest BCUT2D eigenvalue weighted by Gasteiger charge is -2.09. The third kappa shape index (κ3) is 4.67. The van der Waals surface area contributed by atoms with Gasteiger partial charge in [-0.1, -0.05) is 18.8 Å². The number of thiazole rings is 1. The molecule has 4 nitrogen and oxygen atoms in total. The Bertz CT molecular complexity index is 638. The molecule has 2 aromatic rings. The molecule has 1 amide bonds. The van der Waals surface area contributed by atoms with Crippen molar-refractivity contribution in [2.45, 2.75) is 19.3 Å². The summed E-state index contributed by atoms with van der Waals surface area (Å²) in [6, 6.07) is 1.78. The summed E-state index contributed by atoms with van der Waals surface area (Å²) in [5, 5.41) is 16.3. The quantitative estimate of drug-likeness (QED) is 0.832. The molecule has 1 atom stereocenters. The van der Waals surface area contributed by atoms with E-state index < -0.39 is 0 Å². The molecular formula is C15H16N2O2S2. The topological polar surface area (TPSA) is 62.2 Å². The predicted molar refractivity (Wildman–Crippen MR) is 85.8 cm³/mol. The first-order valence-corrected chi connectivity index (χ1v) is 8.32. The van der Waals surface area contributed by atoms with Crippen molar-refractivity contribution in [2.24, 2.45) is 0 Å². The standard InChI is InChI=1S/C15H16N2O2S2/c1-11(15-16-5-7-20-15)9-17-14(19)12-8-13(21-10-12)4-2-3-6-18/h5,7-8,10-11,18H,3,6,9H2,1H3,(H,17,19). The zero-order valence-electron chi connectivity index (χ0n) is 11.6. The molecule has 1 unspecified atom stereocenters. The molecule has 0 saturated carbocycles. The van der Waals surface area contributed by atoms with Crippen LogP contribution in [0.5, 0.6) is 0 Å². The molecule has 0 bridgehead atoms. The number of nitrogens with one attached hydrogen (secondary N) is 1. The first-order valence-electron chi connectivity index (χ1n) is 6.56. The number of rotatable bonds is 5. The summed E-state index contributed by atoms with van der Waals surface area (Å²) < 4.78 is 0. The van der Waals surface area contributed by atoms with Crippen molar-refractivity contribution in [1.29, 1.82) is 0 Å². The largest absolute Gasteiger partial charge is 0.395 e. The summed E-state index contributed by atoms with van der Waals surface area (Å²) in [5.74, 6) is 5.88. The van der Waals surface area contributed by atoms with E-state index in [2.05, 4.69) is 22.1 Å². The van der Waals surface area contributed by atoms with Crippen LogP contribution in [0, 0.1) is 11.8 Å². The van der Waals surface area contributed by atoms with Crippen LogP contribution < -0.4 is 5.32 Å². The van der Waals surface area contributed by atoms with E-state index in [1.807, 2.05) is 12.3 Å². The maximum atomic E-state index is 12.1. The Morgan fingerprint density at radius 1 is 1.52 bits per heavy atom. The number of amides is 1. The smallest absolute Gasteiger partial charge is 0.252 e. The van der Waals surface area contributed by atoms with Crippen molar-refractivity contribution < 1.29 is 9.90 Å². The van der Waals surface area contributed by atoms with Gasteiger partial charge in [-0.05, 0) is 6.07 Å². The molecule has 2 aromatic heterocycles. The van der Waals surface area contributed by atoms with Gasteiger partial charge in [0, 0.05) is 35.8 Å². The lowest BCUT2D eigenvalue weighted by Crippen LogP contribution is -2.27. The Kier molecular flexibility index (Phi) is 5.93. The Balaban J connectivity index is 1.88. The second-order valence-corrected chi connectivity index (χ2v) is 6.29. The third-order valence-corrected chi connectivity index (χ3v) is 4.60. The van der Waals surface area contributed by atoms with E-state index >= 15 is 0 Å². The Labute approximate surface area is 131 Å². The second-order valence-electron chi connectivity index (χ2n) is 4.46. The SMILES string of the molecule is CC(CNC(=O)c1csc(C#CCCO)c1)c1nccs1. The van der Waals surface area contributed by atoms with E-state index in [1.54, 1.807) is 29.0 Å². The minimum Gasteiger partial charge on any atom is -0.395 e. The molecule has 0 aliphatic heterocycles. The normalized spacial score (nSPS) is 11.5. The van der Waals surface area contributed by atoms with Gasteiger partial charge in [-0.2, -0.15) is 0 Å². The predicted octanol–water partition coefficient (Wildman–Crippen LogP) is 2.47. The van der Waals surface area contributed by atoms with Gasteiger partial charge < -0.3 is 10.4 Å². The van der Waals surface area contributed by atoms with Crippen LogP contribution in [0.3, 0.4) is 0 Å². The number of hydrogen-bond acceptors (Lipinski definition) is 5. The van der Waals surface area contributed by atoms with Crippen molar-refractivity contribution in [3.8, 4) is 11.8 Å².